The number of hydrogen-bond acceptors (Lipinski definition) is 11. The van der Waals surface area contributed by atoms with Crippen molar-refractivity contribution in [1.29, 1.82) is 0 Å². The molecule has 0 aliphatic carbocycles. The smallest absolute Gasteiger partial charge is 0.335 e. The normalized spacial score (nSPS) is 18.0. The zero-order valence-corrected chi connectivity index (χ0v) is 52.9. The molecule has 0 bridgehead atoms. The van der Waals surface area contributed by atoms with E-state index < -0.39 is 67.3 Å². The Hall–Kier alpha value is -3.84. The molecule has 1 aliphatic rings. The number of rotatable bonds is 58. The Kier molecular flexibility index (Phi) is 54.4. The van der Waals surface area contributed by atoms with E-state index in [4.69, 9.17) is 23.7 Å². The van der Waals surface area contributed by atoms with Crippen LogP contribution in [0.4, 0.5) is 0 Å². The maximum absolute atomic E-state index is 13.2. The molecule has 0 saturated carbocycles. The first-order valence-electron chi connectivity index (χ1n) is 33.9. The van der Waals surface area contributed by atoms with Crippen LogP contribution in [-0.4, -0.2) is 89.2 Å². The topological polar surface area (TPSA) is 175 Å². The van der Waals surface area contributed by atoms with Gasteiger partial charge in [0, 0.05) is 19.3 Å². The first-order valence-corrected chi connectivity index (χ1v) is 33.9. The third-order valence-electron chi connectivity index (χ3n) is 15.3. The molecule has 1 aliphatic heterocycles. The fraction of sp³-hybridized carbons (Fsp3) is 0.775. The van der Waals surface area contributed by atoms with Gasteiger partial charge in [-0.1, -0.05) is 267 Å². The number of hydrogen-bond donors (Lipinski definition) is 3. The van der Waals surface area contributed by atoms with E-state index >= 15 is 0 Å². The minimum Gasteiger partial charge on any atom is -0.479 e. The highest BCUT2D eigenvalue weighted by atomic mass is 16.7. The third-order valence-corrected chi connectivity index (χ3v) is 15.3. The first-order chi connectivity index (χ1) is 40.6. The molecular formula is C71H122O12. The number of ether oxygens (including phenoxy) is 5. The maximum Gasteiger partial charge on any atom is 0.335 e. The lowest BCUT2D eigenvalue weighted by Gasteiger charge is -2.40. The number of esters is 3. The largest absolute Gasteiger partial charge is 0.479 e. The first kappa shape index (κ1) is 77.2. The number of aliphatic carboxylic acids is 1. The molecule has 0 radical (unpaired) electrons. The molecule has 478 valence electrons. The fourth-order valence-corrected chi connectivity index (χ4v) is 10.1. The van der Waals surface area contributed by atoms with Crippen molar-refractivity contribution < 1.29 is 58.2 Å². The summed E-state index contributed by atoms with van der Waals surface area (Å²) in [5.41, 5.74) is 0. The second-order valence-corrected chi connectivity index (χ2v) is 23.1. The van der Waals surface area contributed by atoms with Crippen LogP contribution in [0.3, 0.4) is 0 Å². The number of carboxylic acids is 1. The van der Waals surface area contributed by atoms with Crippen LogP contribution >= 0.6 is 0 Å². The van der Waals surface area contributed by atoms with E-state index in [2.05, 4.69) is 93.7 Å². The SMILES string of the molecule is CC/C=C\C/C=C\C/C=C\C/C=C\CCCCCCCCC(=O)OCC(COC1OC(C(=O)O)C(O)C(O)C1OC(=O)CCCCCCCCCCC/C=C\C/C=C\CCCCC)OC(=O)CCCCCCCCCCCCCCCCC. The van der Waals surface area contributed by atoms with Gasteiger partial charge in [-0.15, -0.1) is 0 Å². The summed E-state index contributed by atoms with van der Waals surface area (Å²) in [5, 5.41) is 31.6. The molecule has 1 fully saturated rings. The summed E-state index contributed by atoms with van der Waals surface area (Å²) in [6.45, 7) is 5.89. The van der Waals surface area contributed by atoms with Gasteiger partial charge < -0.3 is 39.0 Å². The van der Waals surface area contributed by atoms with Crippen LogP contribution in [-0.2, 0) is 42.9 Å². The Bertz CT molecular complexity index is 1720. The van der Waals surface area contributed by atoms with Crippen molar-refractivity contribution in [2.24, 2.45) is 0 Å². The van der Waals surface area contributed by atoms with Crippen LogP contribution in [0, 0.1) is 0 Å². The maximum atomic E-state index is 13.2. The van der Waals surface area contributed by atoms with Gasteiger partial charge in [0.2, 0.25) is 0 Å². The quantitative estimate of drug-likeness (QED) is 0.0228. The Morgan fingerprint density at radius 2 is 0.759 bits per heavy atom. The minimum atomic E-state index is -1.91. The van der Waals surface area contributed by atoms with Crippen molar-refractivity contribution >= 4 is 23.9 Å². The molecule has 3 N–H and O–H groups in total. The van der Waals surface area contributed by atoms with Gasteiger partial charge >= 0.3 is 23.9 Å². The molecule has 1 saturated heterocycles. The van der Waals surface area contributed by atoms with Gasteiger partial charge in [0.25, 0.3) is 0 Å². The molecule has 1 rings (SSSR count). The molecule has 0 aromatic heterocycles. The average molecular weight is 1170 g/mol. The number of carbonyl (C=O) groups excluding carboxylic acids is 3. The minimum absolute atomic E-state index is 0.0543. The molecule has 6 unspecified atom stereocenters. The highest BCUT2D eigenvalue weighted by Crippen LogP contribution is 2.27. The van der Waals surface area contributed by atoms with Crippen LogP contribution in [0.5, 0.6) is 0 Å². The summed E-state index contributed by atoms with van der Waals surface area (Å²) in [7, 11) is 0. The Balaban J connectivity index is 2.64. The number of carbonyl (C=O) groups is 4. The van der Waals surface area contributed by atoms with E-state index in [1.54, 1.807) is 0 Å². The predicted octanol–water partition coefficient (Wildman–Crippen LogP) is 18.5. The Labute approximate surface area is 506 Å². The van der Waals surface area contributed by atoms with Gasteiger partial charge in [0.15, 0.2) is 24.6 Å². The number of unbranched alkanes of at least 4 members (excludes halogenated alkanes) is 32. The van der Waals surface area contributed by atoms with E-state index in [0.717, 1.165) is 122 Å². The molecule has 0 aromatic carbocycles. The molecule has 0 spiro atoms. The number of carboxylic acid groups (broad SMARTS) is 1. The predicted molar refractivity (Wildman–Crippen MR) is 340 cm³/mol. The van der Waals surface area contributed by atoms with Crippen molar-refractivity contribution in [1.82, 2.24) is 0 Å². The molecular weight excluding hydrogens is 1040 g/mol. The van der Waals surface area contributed by atoms with Gasteiger partial charge in [0.05, 0.1) is 6.61 Å². The van der Waals surface area contributed by atoms with Crippen LogP contribution < -0.4 is 0 Å². The van der Waals surface area contributed by atoms with Crippen molar-refractivity contribution in [2.45, 2.75) is 340 Å². The lowest BCUT2D eigenvalue weighted by atomic mass is 9.98. The van der Waals surface area contributed by atoms with E-state index in [9.17, 15) is 34.5 Å². The number of aliphatic hydroxyl groups excluding tert-OH is 2. The van der Waals surface area contributed by atoms with Gasteiger partial charge in [-0.3, -0.25) is 14.4 Å². The summed E-state index contributed by atoms with van der Waals surface area (Å²) < 4.78 is 28.6. The number of aliphatic hydroxyl groups is 2. The van der Waals surface area contributed by atoms with Crippen LogP contribution in [0.1, 0.15) is 303 Å². The van der Waals surface area contributed by atoms with Gasteiger partial charge in [-0.05, 0) is 89.9 Å². The standard InChI is InChI=1S/C71H122O12/c1-4-7-10-13-16-19-22-25-28-30-32-34-37-39-42-45-48-51-54-57-63(72)79-60-62(81-64(73)58-55-52-49-46-43-40-36-27-24-21-18-15-12-9-6-3)61-80-71-69(67(76)66(75)68(83-71)70(77)78)82-65(74)59-56-53-50-47-44-41-38-35-33-31-29-26-23-20-17-14-11-8-5-2/h7,10,16-17,19-20,25-26,28-29,32,34,62,66-69,71,75-76H,4-6,8-9,11-15,18,21-24,27,30-31,33,35-61H2,1-3H3,(H,77,78)/b10-7-,19-16-,20-17-,28-25-,29-26-,34-32-. The monoisotopic (exact) mass is 1170 g/mol. The van der Waals surface area contributed by atoms with Crippen LogP contribution in [0.2, 0.25) is 0 Å². The lowest BCUT2D eigenvalue weighted by Crippen LogP contribution is -2.61. The van der Waals surface area contributed by atoms with Gasteiger partial charge in [-0.25, -0.2) is 4.79 Å². The third kappa shape index (κ3) is 48.0. The highest BCUT2D eigenvalue weighted by molar-refractivity contribution is 5.74. The molecule has 0 amide bonds. The molecule has 12 nitrogen and oxygen atoms in total. The summed E-state index contributed by atoms with van der Waals surface area (Å²) in [6, 6.07) is 0. The summed E-state index contributed by atoms with van der Waals surface area (Å²) >= 11 is 0. The highest BCUT2D eigenvalue weighted by Gasteiger charge is 2.50. The summed E-state index contributed by atoms with van der Waals surface area (Å²) in [5.74, 6) is -3.12. The Morgan fingerprint density at radius 3 is 1.18 bits per heavy atom. The van der Waals surface area contributed by atoms with E-state index in [1.165, 1.54) is 122 Å². The van der Waals surface area contributed by atoms with Crippen LogP contribution in [0.25, 0.3) is 0 Å². The summed E-state index contributed by atoms with van der Waals surface area (Å²) in [4.78, 5) is 51.4. The fourth-order valence-electron chi connectivity index (χ4n) is 10.1. The van der Waals surface area contributed by atoms with Crippen LogP contribution in [0.15, 0.2) is 72.9 Å². The lowest BCUT2D eigenvalue weighted by molar-refractivity contribution is -0.301. The van der Waals surface area contributed by atoms with Crippen molar-refractivity contribution in [3.8, 4) is 0 Å². The second-order valence-electron chi connectivity index (χ2n) is 23.1. The number of allylic oxidation sites excluding steroid dienone is 12. The van der Waals surface area contributed by atoms with Crippen molar-refractivity contribution in [3.63, 3.8) is 0 Å². The van der Waals surface area contributed by atoms with E-state index in [1.807, 2.05) is 0 Å². The van der Waals surface area contributed by atoms with Crippen molar-refractivity contribution in [2.75, 3.05) is 13.2 Å². The molecule has 6 atom stereocenters. The zero-order chi connectivity index (χ0) is 60.3. The molecule has 12 heteroatoms. The van der Waals surface area contributed by atoms with E-state index in [0.29, 0.717) is 19.3 Å². The molecule has 83 heavy (non-hydrogen) atoms. The molecule has 0 aromatic rings. The average Bonchev–Trinajstić information content (AvgIpc) is 3.57. The summed E-state index contributed by atoms with van der Waals surface area (Å²) in [6.07, 6.45) is 62.8. The zero-order valence-electron chi connectivity index (χ0n) is 52.9. The van der Waals surface area contributed by atoms with Gasteiger partial charge in [-0.2, -0.15) is 0 Å². The Morgan fingerprint density at radius 1 is 0.410 bits per heavy atom. The van der Waals surface area contributed by atoms with Gasteiger partial charge in [0.1, 0.15) is 18.8 Å². The second kappa shape index (κ2) is 58.5. The molecule has 1 heterocycles. The van der Waals surface area contributed by atoms with Crippen molar-refractivity contribution in [3.05, 3.63) is 72.9 Å². The van der Waals surface area contributed by atoms with E-state index in [-0.39, 0.29) is 25.9 Å².